The van der Waals surface area contributed by atoms with E-state index < -0.39 is 0 Å². The molecule has 1 heterocycles. The van der Waals surface area contributed by atoms with Gasteiger partial charge in [-0.3, -0.25) is 0 Å². The highest BCUT2D eigenvalue weighted by Crippen LogP contribution is 2.19. The van der Waals surface area contributed by atoms with E-state index >= 15 is 0 Å². The molecule has 0 bridgehead atoms. The molecule has 0 saturated heterocycles. The molecule has 4 rings (SSSR count). The molecular weight excluding hydrogens is 348 g/mol. The Kier molecular flexibility index (Phi) is 5.29. The number of para-hydroxylation sites is 2. The average molecular weight is 372 g/mol. The van der Waals surface area contributed by atoms with Gasteiger partial charge in [-0.25, -0.2) is 4.98 Å². The Balaban J connectivity index is 1.49. The number of benzene rings is 3. The number of aryl methyl sites for hydroxylation is 2. The van der Waals surface area contributed by atoms with Crippen molar-refractivity contribution in [3.8, 4) is 11.5 Å². The fraction of sp³-hybridized carbons (Fsp3) is 0.208. The third kappa shape index (κ3) is 4.17. The average Bonchev–Trinajstić information content (AvgIpc) is 3.07. The van der Waals surface area contributed by atoms with E-state index in [2.05, 4.69) is 36.6 Å². The highest BCUT2D eigenvalue weighted by atomic mass is 16.5. The molecule has 0 aliphatic carbocycles. The van der Waals surface area contributed by atoms with Gasteiger partial charge in [0.2, 0.25) is 0 Å². The molecule has 142 valence electrons. The van der Waals surface area contributed by atoms with Crippen molar-refractivity contribution in [3.05, 3.63) is 89.7 Å². The molecule has 0 radical (unpaired) electrons. The van der Waals surface area contributed by atoms with Crippen LogP contribution in [0.5, 0.6) is 11.5 Å². The minimum Gasteiger partial charge on any atom is -0.492 e. The second-order valence-electron chi connectivity index (χ2n) is 6.93. The maximum Gasteiger partial charge on any atom is 0.148 e. The lowest BCUT2D eigenvalue weighted by molar-refractivity contribution is 0.272. The summed E-state index contributed by atoms with van der Waals surface area (Å²) in [4.78, 5) is 4.76. The van der Waals surface area contributed by atoms with Crippen LogP contribution in [0.15, 0.2) is 72.8 Å². The predicted octanol–water partition coefficient (Wildman–Crippen LogP) is 5.31. The van der Waals surface area contributed by atoms with Crippen LogP contribution in [0.1, 0.15) is 17.0 Å². The van der Waals surface area contributed by atoms with Crippen molar-refractivity contribution < 1.29 is 9.47 Å². The standard InChI is InChI=1S/C24H24N2O2/c1-18-7-11-20(12-8-18)27-16-15-26-23-6-4-3-5-22(23)25-24(26)17-28-21-13-9-19(2)10-14-21/h3-14H,15-17H2,1-2H3. The molecule has 3 aromatic carbocycles. The lowest BCUT2D eigenvalue weighted by Crippen LogP contribution is -2.13. The molecule has 0 saturated carbocycles. The van der Waals surface area contributed by atoms with E-state index in [4.69, 9.17) is 14.5 Å². The van der Waals surface area contributed by atoms with Crippen molar-refractivity contribution in [2.24, 2.45) is 0 Å². The fourth-order valence-corrected chi connectivity index (χ4v) is 3.16. The third-order valence-corrected chi connectivity index (χ3v) is 4.73. The van der Waals surface area contributed by atoms with Crippen LogP contribution >= 0.6 is 0 Å². The summed E-state index contributed by atoms with van der Waals surface area (Å²) < 4.78 is 14.1. The number of aromatic nitrogens is 2. The molecule has 0 aliphatic heterocycles. The maximum absolute atomic E-state index is 5.97. The first-order chi connectivity index (χ1) is 13.7. The Bertz CT molecular complexity index is 1050. The highest BCUT2D eigenvalue weighted by Gasteiger charge is 2.11. The molecular formula is C24H24N2O2. The van der Waals surface area contributed by atoms with Crippen LogP contribution in [-0.2, 0) is 13.2 Å². The van der Waals surface area contributed by atoms with E-state index in [-0.39, 0.29) is 0 Å². The lowest BCUT2D eigenvalue weighted by atomic mass is 10.2. The molecule has 4 heteroatoms. The van der Waals surface area contributed by atoms with Gasteiger partial charge in [-0.2, -0.15) is 0 Å². The largest absolute Gasteiger partial charge is 0.492 e. The van der Waals surface area contributed by atoms with E-state index in [0.717, 1.165) is 28.4 Å². The number of nitrogens with zero attached hydrogens (tertiary/aromatic N) is 2. The van der Waals surface area contributed by atoms with Crippen molar-refractivity contribution >= 4 is 11.0 Å². The van der Waals surface area contributed by atoms with Gasteiger partial charge in [0.25, 0.3) is 0 Å². The van der Waals surface area contributed by atoms with E-state index in [1.54, 1.807) is 0 Å². The second kappa shape index (κ2) is 8.17. The van der Waals surface area contributed by atoms with Gasteiger partial charge in [-0.15, -0.1) is 0 Å². The van der Waals surface area contributed by atoms with Crippen molar-refractivity contribution in [1.29, 1.82) is 0 Å². The van der Waals surface area contributed by atoms with Crippen LogP contribution in [0, 0.1) is 13.8 Å². The molecule has 4 aromatic rings. The van der Waals surface area contributed by atoms with E-state index in [0.29, 0.717) is 19.8 Å². The van der Waals surface area contributed by atoms with Crippen LogP contribution in [-0.4, -0.2) is 16.2 Å². The van der Waals surface area contributed by atoms with Crippen LogP contribution < -0.4 is 9.47 Å². The summed E-state index contributed by atoms with van der Waals surface area (Å²) in [5.41, 5.74) is 4.51. The van der Waals surface area contributed by atoms with E-state index in [9.17, 15) is 0 Å². The molecule has 0 fully saturated rings. The van der Waals surface area contributed by atoms with Crippen LogP contribution in [0.3, 0.4) is 0 Å². The Morgan fingerprint density at radius 3 is 2.04 bits per heavy atom. The Morgan fingerprint density at radius 1 is 0.750 bits per heavy atom. The summed E-state index contributed by atoms with van der Waals surface area (Å²) in [6, 6.07) is 24.4. The quantitative estimate of drug-likeness (QED) is 0.441. The number of rotatable bonds is 7. The zero-order valence-corrected chi connectivity index (χ0v) is 16.3. The number of ether oxygens (including phenoxy) is 2. The predicted molar refractivity (Wildman–Crippen MR) is 112 cm³/mol. The molecule has 0 N–H and O–H groups in total. The lowest BCUT2D eigenvalue weighted by Gasteiger charge is -2.12. The number of hydrogen-bond donors (Lipinski definition) is 0. The summed E-state index contributed by atoms with van der Waals surface area (Å²) in [7, 11) is 0. The van der Waals surface area contributed by atoms with Gasteiger partial charge in [0.15, 0.2) is 0 Å². The molecule has 0 spiro atoms. The monoisotopic (exact) mass is 372 g/mol. The van der Waals surface area contributed by atoms with Crippen molar-refractivity contribution in [3.63, 3.8) is 0 Å². The zero-order chi connectivity index (χ0) is 19.3. The minimum atomic E-state index is 0.419. The summed E-state index contributed by atoms with van der Waals surface area (Å²) in [6.45, 7) is 5.84. The summed E-state index contributed by atoms with van der Waals surface area (Å²) in [5, 5.41) is 0. The van der Waals surface area contributed by atoms with Gasteiger partial charge in [0.05, 0.1) is 17.6 Å². The van der Waals surface area contributed by atoms with Gasteiger partial charge >= 0.3 is 0 Å². The Morgan fingerprint density at radius 2 is 1.36 bits per heavy atom. The SMILES string of the molecule is Cc1ccc(OCCn2c(COc3ccc(C)cc3)nc3ccccc32)cc1. The molecule has 28 heavy (non-hydrogen) atoms. The topological polar surface area (TPSA) is 36.3 Å². The first-order valence-electron chi connectivity index (χ1n) is 9.52. The van der Waals surface area contributed by atoms with Crippen molar-refractivity contribution in [1.82, 2.24) is 9.55 Å². The summed E-state index contributed by atoms with van der Waals surface area (Å²) in [6.07, 6.45) is 0. The van der Waals surface area contributed by atoms with E-state index in [1.165, 1.54) is 11.1 Å². The molecule has 0 amide bonds. The van der Waals surface area contributed by atoms with Crippen LogP contribution in [0.2, 0.25) is 0 Å². The Hall–Kier alpha value is -3.27. The zero-order valence-electron chi connectivity index (χ0n) is 16.3. The molecule has 1 aromatic heterocycles. The first-order valence-corrected chi connectivity index (χ1v) is 9.52. The Labute approximate surface area is 165 Å². The molecule has 4 nitrogen and oxygen atoms in total. The van der Waals surface area contributed by atoms with Crippen LogP contribution in [0.25, 0.3) is 11.0 Å². The van der Waals surface area contributed by atoms with Gasteiger partial charge in [-0.1, -0.05) is 47.5 Å². The third-order valence-electron chi connectivity index (χ3n) is 4.73. The van der Waals surface area contributed by atoms with Gasteiger partial charge in [0.1, 0.15) is 30.5 Å². The minimum absolute atomic E-state index is 0.419. The summed E-state index contributed by atoms with van der Waals surface area (Å²) in [5.74, 6) is 2.63. The van der Waals surface area contributed by atoms with Crippen molar-refractivity contribution in [2.45, 2.75) is 27.0 Å². The smallest absolute Gasteiger partial charge is 0.148 e. The van der Waals surface area contributed by atoms with Gasteiger partial charge < -0.3 is 14.0 Å². The number of hydrogen-bond acceptors (Lipinski definition) is 3. The molecule has 0 unspecified atom stereocenters. The van der Waals surface area contributed by atoms with Gasteiger partial charge in [0, 0.05) is 0 Å². The highest BCUT2D eigenvalue weighted by molar-refractivity contribution is 5.75. The number of fused-ring (bicyclic) bond motifs is 1. The fourth-order valence-electron chi connectivity index (χ4n) is 3.16. The summed E-state index contributed by atoms with van der Waals surface area (Å²) >= 11 is 0. The van der Waals surface area contributed by atoms with Crippen LogP contribution in [0.4, 0.5) is 0 Å². The van der Waals surface area contributed by atoms with Crippen molar-refractivity contribution in [2.75, 3.05) is 6.61 Å². The molecule has 0 atom stereocenters. The van der Waals surface area contributed by atoms with Gasteiger partial charge in [-0.05, 0) is 50.2 Å². The normalized spacial score (nSPS) is 10.9. The second-order valence-corrected chi connectivity index (χ2v) is 6.93. The number of imidazole rings is 1. The first kappa shape index (κ1) is 18.1. The van der Waals surface area contributed by atoms with E-state index in [1.807, 2.05) is 54.6 Å². The maximum atomic E-state index is 5.97. The molecule has 0 aliphatic rings.